The molecule has 10 heteroatoms. The van der Waals surface area contributed by atoms with Gasteiger partial charge in [0.2, 0.25) is 5.91 Å². The second-order valence-electron chi connectivity index (χ2n) is 11.2. The Balaban J connectivity index is 1.16. The van der Waals surface area contributed by atoms with Crippen molar-refractivity contribution in [2.75, 3.05) is 5.75 Å². The first-order chi connectivity index (χ1) is 22.9. The second-order valence-corrected chi connectivity index (χ2v) is 12.3. The molecule has 0 aliphatic carbocycles. The van der Waals surface area contributed by atoms with E-state index in [-0.39, 0.29) is 12.3 Å². The third kappa shape index (κ3) is 7.07. The van der Waals surface area contributed by atoms with Crippen molar-refractivity contribution in [2.24, 2.45) is 0 Å². The predicted octanol–water partition coefficient (Wildman–Crippen LogP) is 5.66. The monoisotopic (exact) mass is 647 g/mol. The zero-order valence-electron chi connectivity index (χ0n) is 25.6. The van der Waals surface area contributed by atoms with Gasteiger partial charge in [-0.2, -0.15) is 0 Å². The number of hydrogen-bond donors (Lipinski definition) is 2. The first-order valence-electron chi connectivity index (χ1n) is 15.2. The highest BCUT2D eigenvalue weighted by Crippen LogP contribution is 2.41. The first kappa shape index (κ1) is 31.6. The molecule has 6 rings (SSSR count). The van der Waals surface area contributed by atoms with E-state index in [2.05, 4.69) is 10.6 Å². The third-order valence-corrected chi connectivity index (χ3v) is 9.37. The van der Waals surface area contributed by atoms with E-state index in [9.17, 15) is 19.2 Å². The highest BCUT2D eigenvalue weighted by atomic mass is 32.2. The number of fused-ring (bicyclic) bond motifs is 1. The number of nitrogens with zero attached hydrogens (tertiary/aromatic N) is 1. The molecule has 2 aliphatic heterocycles. The number of rotatable bonds is 10. The minimum atomic E-state index is -1.12. The molecule has 2 N–H and O–H groups in total. The van der Waals surface area contributed by atoms with Gasteiger partial charge < -0.3 is 20.1 Å². The van der Waals surface area contributed by atoms with Gasteiger partial charge in [-0.05, 0) is 34.8 Å². The van der Waals surface area contributed by atoms with Crippen LogP contribution in [-0.2, 0) is 30.5 Å². The van der Waals surface area contributed by atoms with Gasteiger partial charge >= 0.3 is 12.1 Å². The molecule has 3 amide bonds. The van der Waals surface area contributed by atoms with Crippen LogP contribution >= 0.6 is 11.8 Å². The smallest absolute Gasteiger partial charge is 0.408 e. The van der Waals surface area contributed by atoms with Crippen LogP contribution in [0.4, 0.5) is 4.79 Å². The third-order valence-electron chi connectivity index (χ3n) is 7.95. The molecule has 4 aromatic carbocycles. The maximum Gasteiger partial charge on any atom is 0.408 e. The Morgan fingerprint density at radius 2 is 1.34 bits per heavy atom. The number of alkyl carbamates (subject to hydrolysis) is 1. The van der Waals surface area contributed by atoms with Gasteiger partial charge in [-0.1, -0.05) is 121 Å². The summed E-state index contributed by atoms with van der Waals surface area (Å²) < 4.78 is 11.5. The number of thioether (sulfide) groups is 1. The van der Waals surface area contributed by atoms with Crippen LogP contribution in [0.25, 0.3) is 0 Å². The summed E-state index contributed by atoms with van der Waals surface area (Å²) >= 11 is 1.45. The van der Waals surface area contributed by atoms with Crippen molar-refractivity contribution in [1.29, 1.82) is 0 Å². The van der Waals surface area contributed by atoms with Crippen LogP contribution in [0.2, 0.25) is 0 Å². The molecular weight excluding hydrogens is 614 g/mol. The van der Waals surface area contributed by atoms with E-state index in [1.165, 1.54) is 16.7 Å². The Hall–Kier alpha value is -5.35. The van der Waals surface area contributed by atoms with Gasteiger partial charge in [-0.3, -0.25) is 14.5 Å². The summed E-state index contributed by atoms with van der Waals surface area (Å²) in [5.74, 6) is -1.15. The molecule has 3 atom stereocenters. The molecule has 0 saturated carbocycles. The lowest BCUT2D eigenvalue weighted by Crippen LogP contribution is -2.71. The summed E-state index contributed by atoms with van der Waals surface area (Å²) in [6.07, 6.45) is -1.45. The van der Waals surface area contributed by atoms with Crippen LogP contribution in [0, 0.1) is 0 Å². The van der Waals surface area contributed by atoms with Gasteiger partial charge in [0.1, 0.15) is 29.8 Å². The standard InChI is InChI=1S/C37H33N3O6S/c1-24-23-47-35-30(38-33(41)29(26-16-8-3-9-17-26)39-37(44)45-22-25-14-6-2-7-15-25)34(42)40(35)31(24)36(43)46-32(27-18-10-4-11-19-27)28-20-12-5-13-21-28/h2-21,29-30,32,35H,22-23H2,1H3,(H,38,41)(H,39,44)/t29?,30?,35-/m1/s1. The molecule has 238 valence electrons. The number of carbonyl (C=O) groups excluding carboxylic acids is 4. The minimum absolute atomic E-state index is 0.0323. The van der Waals surface area contributed by atoms with Crippen molar-refractivity contribution < 1.29 is 28.7 Å². The Morgan fingerprint density at radius 3 is 1.91 bits per heavy atom. The number of amides is 3. The summed E-state index contributed by atoms with van der Waals surface area (Å²) in [6.45, 7) is 1.83. The van der Waals surface area contributed by atoms with Gasteiger partial charge in [-0.15, -0.1) is 11.8 Å². The highest BCUT2D eigenvalue weighted by molar-refractivity contribution is 8.00. The molecule has 0 aromatic heterocycles. The van der Waals surface area contributed by atoms with E-state index in [4.69, 9.17) is 9.47 Å². The van der Waals surface area contributed by atoms with Gasteiger partial charge in [0, 0.05) is 5.75 Å². The van der Waals surface area contributed by atoms with E-state index < -0.39 is 47.4 Å². The summed E-state index contributed by atoms with van der Waals surface area (Å²) in [5, 5.41) is 4.93. The van der Waals surface area contributed by atoms with Crippen molar-refractivity contribution in [3.05, 3.63) is 155 Å². The van der Waals surface area contributed by atoms with Crippen molar-refractivity contribution in [3.63, 3.8) is 0 Å². The molecule has 1 saturated heterocycles. The summed E-state index contributed by atoms with van der Waals surface area (Å²) in [6, 6.07) is 34.8. The highest BCUT2D eigenvalue weighted by Gasteiger charge is 2.54. The van der Waals surface area contributed by atoms with Gasteiger partial charge in [-0.25, -0.2) is 9.59 Å². The van der Waals surface area contributed by atoms with Crippen LogP contribution < -0.4 is 10.6 Å². The Morgan fingerprint density at radius 1 is 0.809 bits per heavy atom. The van der Waals surface area contributed by atoms with E-state index in [1.54, 1.807) is 37.3 Å². The quantitative estimate of drug-likeness (QED) is 0.169. The maximum atomic E-state index is 13.8. The topological polar surface area (TPSA) is 114 Å². The van der Waals surface area contributed by atoms with Crippen molar-refractivity contribution in [1.82, 2.24) is 15.5 Å². The van der Waals surface area contributed by atoms with Crippen LogP contribution in [0.1, 0.15) is 41.3 Å². The SMILES string of the molecule is CC1=C(C(=O)OC(c2ccccc2)c2ccccc2)N2C(=O)C(NC(=O)C(NC(=O)OCc3ccccc3)c3ccccc3)[C@H]2SC1. The molecule has 0 spiro atoms. The number of ether oxygens (including phenoxy) is 2. The average Bonchev–Trinajstić information content (AvgIpc) is 3.12. The number of hydrogen-bond acceptors (Lipinski definition) is 7. The van der Waals surface area contributed by atoms with Gasteiger partial charge in [0.25, 0.3) is 5.91 Å². The molecule has 9 nitrogen and oxygen atoms in total. The predicted molar refractivity (Wildman–Crippen MR) is 177 cm³/mol. The number of β-lactam (4-membered cyclic amide) rings is 1. The number of nitrogens with one attached hydrogen (secondary N) is 2. The molecule has 2 aliphatic rings. The molecular formula is C37H33N3O6S. The zero-order valence-corrected chi connectivity index (χ0v) is 26.4. The van der Waals surface area contributed by atoms with Crippen LogP contribution in [0.3, 0.4) is 0 Å². The van der Waals surface area contributed by atoms with E-state index in [0.29, 0.717) is 16.9 Å². The van der Waals surface area contributed by atoms with Crippen LogP contribution in [0.5, 0.6) is 0 Å². The Bertz CT molecular complexity index is 1730. The summed E-state index contributed by atoms with van der Waals surface area (Å²) in [5.41, 5.74) is 3.81. The summed E-state index contributed by atoms with van der Waals surface area (Å²) in [7, 11) is 0. The fourth-order valence-corrected chi connectivity index (χ4v) is 6.87. The molecule has 0 bridgehead atoms. The average molecular weight is 648 g/mol. The van der Waals surface area contributed by atoms with Crippen molar-refractivity contribution in [3.8, 4) is 0 Å². The Kier molecular flexibility index (Phi) is 9.68. The lowest BCUT2D eigenvalue weighted by Gasteiger charge is -2.49. The lowest BCUT2D eigenvalue weighted by atomic mass is 10.00. The second kappa shape index (κ2) is 14.4. The normalized spacial score (nSPS) is 17.7. The van der Waals surface area contributed by atoms with Crippen LogP contribution in [-0.4, -0.2) is 45.9 Å². The van der Waals surface area contributed by atoms with Crippen molar-refractivity contribution in [2.45, 2.75) is 37.1 Å². The molecule has 2 unspecified atom stereocenters. The van der Waals surface area contributed by atoms with E-state index in [1.807, 2.05) is 91.0 Å². The van der Waals surface area contributed by atoms with Crippen LogP contribution in [0.15, 0.2) is 133 Å². The number of benzene rings is 4. The Labute approximate surface area is 277 Å². The van der Waals surface area contributed by atoms with Gasteiger partial charge in [0.05, 0.1) is 0 Å². The van der Waals surface area contributed by atoms with Gasteiger partial charge in [0.15, 0.2) is 6.10 Å². The van der Waals surface area contributed by atoms with E-state index in [0.717, 1.165) is 16.7 Å². The molecule has 1 fully saturated rings. The maximum absolute atomic E-state index is 13.8. The lowest BCUT2D eigenvalue weighted by molar-refractivity contribution is -0.154. The van der Waals surface area contributed by atoms with Crippen molar-refractivity contribution >= 4 is 35.6 Å². The molecule has 2 heterocycles. The molecule has 47 heavy (non-hydrogen) atoms. The summed E-state index contributed by atoms with van der Waals surface area (Å²) in [4.78, 5) is 55.2. The molecule has 4 aromatic rings. The number of carbonyl (C=O) groups is 4. The fourth-order valence-electron chi connectivity index (χ4n) is 5.57. The van der Waals surface area contributed by atoms with E-state index >= 15 is 0 Å². The first-order valence-corrected chi connectivity index (χ1v) is 16.2. The minimum Gasteiger partial charge on any atom is -0.448 e. The number of esters is 1. The largest absolute Gasteiger partial charge is 0.448 e. The fraction of sp³-hybridized carbons (Fsp3) is 0.189. The zero-order chi connectivity index (χ0) is 32.8. The molecule has 0 radical (unpaired) electrons.